The second-order valence-corrected chi connectivity index (χ2v) is 4.83. The fourth-order valence-corrected chi connectivity index (χ4v) is 2.40. The number of hydrogen-bond acceptors (Lipinski definition) is 4. The van der Waals surface area contributed by atoms with Crippen LogP contribution in [-0.4, -0.2) is 47.0 Å². The van der Waals surface area contributed by atoms with E-state index in [0.717, 1.165) is 18.9 Å². The third-order valence-corrected chi connectivity index (χ3v) is 3.51. The molecule has 0 unspecified atom stereocenters. The molecule has 1 aliphatic heterocycles. The molecule has 0 saturated carbocycles. The maximum Gasteiger partial charge on any atom is 0.254 e. The van der Waals surface area contributed by atoms with Gasteiger partial charge in [-0.3, -0.25) is 4.79 Å². The largest absolute Gasteiger partial charge is 0.353 e. The number of halogens is 1. The number of carbonyl (C=O) groups excluding carboxylic acids is 1. The van der Waals surface area contributed by atoms with Gasteiger partial charge in [-0.15, -0.1) is 0 Å². The third-order valence-electron chi connectivity index (χ3n) is 3.51. The molecule has 1 fully saturated rings. The number of nitrogens with zero attached hydrogens (tertiary/aromatic N) is 4. The molecule has 0 radical (unpaired) electrons. The van der Waals surface area contributed by atoms with E-state index in [1.54, 1.807) is 11.1 Å². The number of hydrogen-bond donors (Lipinski definition) is 0. The number of pyridine rings is 2. The lowest BCUT2D eigenvalue weighted by Crippen LogP contribution is -2.49. The van der Waals surface area contributed by atoms with Crippen LogP contribution in [0.3, 0.4) is 0 Å². The van der Waals surface area contributed by atoms with Crippen LogP contribution in [-0.2, 0) is 0 Å². The van der Waals surface area contributed by atoms with Gasteiger partial charge >= 0.3 is 0 Å². The molecular weight excluding hydrogens is 271 g/mol. The molecule has 0 N–H and O–H groups in total. The second-order valence-electron chi connectivity index (χ2n) is 4.83. The van der Waals surface area contributed by atoms with E-state index in [-0.39, 0.29) is 5.91 Å². The SMILES string of the molecule is O=C(c1ccnc(F)c1)N1CCN(c2ccccn2)CC1. The van der Waals surface area contributed by atoms with Crippen molar-refractivity contribution in [3.05, 3.63) is 54.2 Å². The van der Waals surface area contributed by atoms with Crippen molar-refractivity contribution in [1.82, 2.24) is 14.9 Å². The number of carbonyl (C=O) groups is 1. The number of aromatic nitrogens is 2. The van der Waals surface area contributed by atoms with Crippen molar-refractivity contribution in [3.8, 4) is 0 Å². The van der Waals surface area contributed by atoms with E-state index < -0.39 is 5.95 Å². The van der Waals surface area contributed by atoms with Gasteiger partial charge < -0.3 is 9.80 Å². The zero-order valence-electron chi connectivity index (χ0n) is 11.4. The minimum atomic E-state index is -0.632. The summed E-state index contributed by atoms with van der Waals surface area (Å²) in [6.45, 7) is 2.63. The van der Waals surface area contributed by atoms with Gasteiger partial charge in [-0.2, -0.15) is 4.39 Å². The molecule has 6 heteroatoms. The normalized spacial score (nSPS) is 15.1. The molecule has 0 atom stereocenters. The van der Waals surface area contributed by atoms with Gasteiger partial charge in [-0.25, -0.2) is 9.97 Å². The number of amides is 1. The summed E-state index contributed by atoms with van der Waals surface area (Å²) >= 11 is 0. The van der Waals surface area contributed by atoms with Gasteiger partial charge in [-0.05, 0) is 18.2 Å². The Hall–Kier alpha value is -2.50. The van der Waals surface area contributed by atoms with Crippen molar-refractivity contribution in [1.29, 1.82) is 0 Å². The predicted molar refractivity (Wildman–Crippen MR) is 76.5 cm³/mol. The maximum absolute atomic E-state index is 13.1. The van der Waals surface area contributed by atoms with E-state index in [4.69, 9.17) is 0 Å². The predicted octanol–water partition coefficient (Wildman–Crippen LogP) is 1.58. The third kappa shape index (κ3) is 2.99. The zero-order valence-corrected chi connectivity index (χ0v) is 11.4. The Balaban J connectivity index is 1.64. The van der Waals surface area contributed by atoms with Gasteiger partial charge in [-0.1, -0.05) is 6.07 Å². The average molecular weight is 286 g/mol. The summed E-state index contributed by atoms with van der Waals surface area (Å²) in [5.74, 6) is 0.129. The Kier molecular flexibility index (Phi) is 3.77. The van der Waals surface area contributed by atoms with Gasteiger partial charge in [0.1, 0.15) is 5.82 Å². The van der Waals surface area contributed by atoms with Crippen molar-refractivity contribution < 1.29 is 9.18 Å². The zero-order chi connectivity index (χ0) is 14.7. The smallest absolute Gasteiger partial charge is 0.254 e. The lowest BCUT2D eigenvalue weighted by atomic mass is 10.2. The topological polar surface area (TPSA) is 49.3 Å². The highest BCUT2D eigenvalue weighted by Crippen LogP contribution is 2.14. The van der Waals surface area contributed by atoms with Gasteiger partial charge in [0.2, 0.25) is 5.95 Å². The van der Waals surface area contributed by atoms with Gasteiger partial charge in [0.15, 0.2) is 0 Å². The standard InChI is InChI=1S/C15H15FN4O/c16-13-11-12(4-6-17-13)15(21)20-9-7-19(8-10-20)14-3-1-2-5-18-14/h1-6,11H,7-10H2. The first-order chi connectivity index (χ1) is 10.2. The molecule has 0 bridgehead atoms. The molecule has 1 amide bonds. The molecule has 0 spiro atoms. The molecule has 1 aliphatic rings. The van der Waals surface area contributed by atoms with E-state index in [0.29, 0.717) is 18.7 Å². The highest BCUT2D eigenvalue weighted by Gasteiger charge is 2.22. The highest BCUT2D eigenvalue weighted by molar-refractivity contribution is 5.94. The van der Waals surface area contributed by atoms with Crippen molar-refractivity contribution in [2.75, 3.05) is 31.1 Å². The second kappa shape index (κ2) is 5.87. The first-order valence-corrected chi connectivity index (χ1v) is 6.81. The number of rotatable bonds is 2. The summed E-state index contributed by atoms with van der Waals surface area (Å²) in [5, 5.41) is 0. The number of piperazine rings is 1. The van der Waals surface area contributed by atoms with Gasteiger partial charge in [0.05, 0.1) is 0 Å². The molecule has 3 rings (SSSR count). The minimum Gasteiger partial charge on any atom is -0.353 e. The molecule has 0 aliphatic carbocycles. The van der Waals surface area contributed by atoms with E-state index in [1.165, 1.54) is 18.3 Å². The number of anilines is 1. The summed E-state index contributed by atoms with van der Waals surface area (Å²) in [6.07, 6.45) is 3.07. The maximum atomic E-state index is 13.1. The fraction of sp³-hybridized carbons (Fsp3) is 0.267. The lowest BCUT2D eigenvalue weighted by molar-refractivity contribution is 0.0746. The Morgan fingerprint density at radius 1 is 1.05 bits per heavy atom. The van der Waals surface area contributed by atoms with Gasteiger partial charge in [0.25, 0.3) is 5.91 Å². The molecule has 0 aromatic carbocycles. The van der Waals surface area contributed by atoms with E-state index in [2.05, 4.69) is 14.9 Å². The van der Waals surface area contributed by atoms with Crippen LogP contribution in [0.2, 0.25) is 0 Å². The molecule has 21 heavy (non-hydrogen) atoms. The van der Waals surface area contributed by atoms with E-state index in [9.17, 15) is 9.18 Å². The first kappa shape index (κ1) is 13.5. The average Bonchev–Trinajstić information content (AvgIpc) is 2.55. The lowest BCUT2D eigenvalue weighted by Gasteiger charge is -2.35. The molecule has 108 valence electrons. The Labute approximate surface area is 122 Å². The Morgan fingerprint density at radius 3 is 2.52 bits per heavy atom. The van der Waals surface area contributed by atoms with Crippen LogP contribution in [0, 0.1) is 5.95 Å². The van der Waals surface area contributed by atoms with Crippen LogP contribution in [0.15, 0.2) is 42.7 Å². The van der Waals surface area contributed by atoms with Crippen LogP contribution in [0.1, 0.15) is 10.4 Å². The quantitative estimate of drug-likeness (QED) is 0.787. The van der Waals surface area contributed by atoms with E-state index in [1.807, 2.05) is 18.2 Å². The minimum absolute atomic E-state index is 0.156. The van der Waals surface area contributed by atoms with Crippen molar-refractivity contribution in [3.63, 3.8) is 0 Å². The Bertz CT molecular complexity index is 627. The van der Waals surface area contributed by atoms with E-state index >= 15 is 0 Å². The molecular formula is C15H15FN4O. The summed E-state index contributed by atoms with van der Waals surface area (Å²) < 4.78 is 13.1. The van der Waals surface area contributed by atoms with Crippen LogP contribution < -0.4 is 4.90 Å². The summed E-state index contributed by atoms with van der Waals surface area (Å²) in [7, 11) is 0. The van der Waals surface area contributed by atoms with Gasteiger partial charge in [0, 0.05) is 50.2 Å². The highest BCUT2D eigenvalue weighted by atomic mass is 19.1. The molecule has 5 nitrogen and oxygen atoms in total. The summed E-state index contributed by atoms with van der Waals surface area (Å²) in [4.78, 5) is 23.9. The van der Waals surface area contributed by atoms with Crippen LogP contribution in [0.4, 0.5) is 10.2 Å². The van der Waals surface area contributed by atoms with Crippen molar-refractivity contribution in [2.45, 2.75) is 0 Å². The van der Waals surface area contributed by atoms with Crippen molar-refractivity contribution in [2.24, 2.45) is 0 Å². The molecule has 1 saturated heterocycles. The molecule has 3 heterocycles. The summed E-state index contributed by atoms with van der Waals surface area (Å²) in [5.41, 5.74) is 0.341. The monoisotopic (exact) mass is 286 g/mol. The van der Waals surface area contributed by atoms with Crippen LogP contribution in [0.25, 0.3) is 0 Å². The summed E-state index contributed by atoms with van der Waals surface area (Å²) in [6, 6.07) is 8.49. The van der Waals surface area contributed by atoms with Crippen molar-refractivity contribution >= 4 is 11.7 Å². The first-order valence-electron chi connectivity index (χ1n) is 6.81. The van der Waals surface area contributed by atoms with Crippen LogP contribution >= 0.6 is 0 Å². The molecule has 2 aromatic heterocycles. The fourth-order valence-electron chi connectivity index (χ4n) is 2.40. The Morgan fingerprint density at radius 2 is 1.86 bits per heavy atom. The van der Waals surface area contributed by atoms with Crippen LogP contribution in [0.5, 0.6) is 0 Å². The molecule has 2 aromatic rings.